The number of carbonyl (C=O) groups is 2. The first-order valence-electron chi connectivity index (χ1n) is 10.0. The Balaban J connectivity index is 1.73. The summed E-state index contributed by atoms with van der Waals surface area (Å²) in [6.07, 6.45) is 2.88. The largest absolute Gasteiger partial charge is 0.481 e. The lowest BCUT2D eigenvalue weighted by molar-refractivity contribution is -0.116. The molecule has 31 heavy (non-hydrogen) atoms. The summed E-state index contributed by atoms with van der Waals surface area (Å²) in [6, 6.07) is 15.2. The Bertz CT molecular complexity index is 1340. The highest BCUT2D eigenvalue weighted by atomic mass is 16.5. The predicted molar refractivity (Wildman–Crippen MR) is 118 cm³/mol. The van der Waals surface area contributed by atoms with Gasteiger partial charge in [-0.15, -0.1) is 0 Å². The minimum Gasteiger partial charge on any atom is -0.481 e. The molecule has 0 saturated carbocycles. The van der Waals surface area contributed by atoms with Crippen LogP contribution in [0.1, 0.15) is 29.3 Å². The zero-order chi connectivity index (χ0) is 21.5. The van der Waals surface area contributed by atoms with Crippen LogP contribution in [0.2, 0.25) is 0 Å². The number of benzene rings is 2. The van der Waals surface area contributed by atoms with E-state index in [2.05, 4.69) is 20.9 Å². The fraction of sp³-hybridized carbons (Fsp3) is 0.167. The van der Waals surface area contributed by atoms with E-state index in [9.17, 15) is 9.59 Å². The number of amides is 1. The van der Waals surface area contributed by atoms with Crippen LogP contribution >= 0.6 is 0 Å². The number of rotatable bonds is 4. The van der Waals surface area contributed by atoms with Crippen molar-refractivity contribution in [2.45, 2.75) is 19.8 Å². The number of aromatic nitrogens is 3. The molecule has 7 nitrogen and oxygen atoms in total. The maximum absolute atomic E-state index is 11.9. The second-order valence-electron chi connectivity index (χ2n) is 7.51. The van der Waals surface area contributed by atoms with Gasteiger partial charge in [0.25, 0.3) is 0 Å². The number of ether oxygens (including phenoxy) is 1. The molecule has 0 atom stereocenters. The number of fused-ring (bicyclic) bond motifs is 2. The number of pyridine rings is 1. The minimum absolute atomic E-state index is 0.00589. The summed E-state index contributed by atoms with van der Waals surface area (Å²) >= 11 is 0. The molecular formula is C24H20N4O3. The number of aryl methyl sites for hydroxylation is 1. The van der Waals surface area contributed by atoms with Crippen LogP contribution in [0.3, 0.4) is 0 Å². The Morgan fingerprint density at radius 3 is 2.71 bits per heavy atom. The number of nitrogens with zero attached hydrogens (tertiary/aromatic N) is 3. The molecular weight excluding hydrogens is 392 g/mol. The molecule has 0 saturated heterocycles. The molecule has 1 aliphatic heterocycles. The van der Waals surface area contributed by atoms with Gasteiger partial charge in [0.05, 0.1) is 18.1 Å². The third kappa shape index (κ3) is 3.34. The van der Waals surface area contributed by atoms with Crippen molar-refractivity contribution in [3.05, 3.63) is 65.9 Å². The SMILES string of the molecule is COc1ccc(-c2nc3cc(C(C)=O)ccc3n2-c2ccc3c(c2)CCC(=O)N3)cn1. The molecule has 1 N–H and O–H groups in total. The topological polar surface area (TPSA) is 86.1 Å². The summed E-state index contributed by atoms with van der Waals surface area (Å²) in [4.78, 5) is 32.8. The lowest BCUT2D eigenvalue weighted by Gasteiger charge is -2.19. The predicted octanol–water partition coefficient (Wildman–Crippen LogP) is 4.18. The van der Waals surface area contributed by atoms with E-state index >= 15 is 0 Å². The van der Waals surface area contributed by atoms with E-state index in [1.54, 1.807) is 26.3 Å². The normalized spacial score (nSPS) is 13.0. The van der Waals surface area contributed by atoms with Gasteiger partial charge in [-0.05, 0) is 61.4 Å². The van der Waals surface area contributed by atoms with Crippen molar-refractivity contribution in [3.63, 3.8) is 0 Å². The zero-order valence-electron chi connectivity index (χ0n) is 17.2. The third-order valence-electron chi connectivity index (χ3n) is 5.51. The van der Waals surface area contributed by atoms with Gasteiger partial charge in [-0.25, -0.2) is 9.97 Å². The molecule has 0 aliphatic carbocycles. The van der Waals surface area contributed by atoms with E-state index in [1.165, 1.54) is 0 Å². The quantitative estimate of drug-likeness (QED) is 0.508. The molecule has 0 spiro atoms. The fourth-order valence-corrected chi connectivity index (χ4v) is 3.90. The van der Waals surface area contributed by atoms with E-state index in [-0.39, 0.29) is 11.7 Å². The molecule has 2 aromatic carbocycles. The molecule has 0 radical (unpaired) electrons. The van der Waals surface area contributed by atoms with Crippen molar-refractivity contribution in [2.24, 2.45) is 0 Å². The molecule has 1 aliphatic rings. The third-order valence-corrected chi connectivity index (χ3v) is 5.51. The standard InChI is InChI=1S/C24H20N4O3/c1-14(29)15-3-8-21-20(12-15)27-24(17-5-10-23(31-2)25-13-17)28(21)18-6-7-19-16(11-18)4-9-22(30)26-19/h3,5-8,10-13H,4,9H2,1-2H3,(H,26,30). The number of anilines is 1. The highest BCUT2D eigenvalue weighted by molar-refractivity contribution is 5.98. The molecule has 0 unspecified atom stereocenters. The van der Waals surface area contributed by atoms with Crippen molar-refractivity contribution >= 4 is 28.4 Å². The van der Waals surface area contributed by atoms with Crippen LogP contribution in [0.5, 0.6) is 5.88 Å². The molecule has 0 fully saturated rings. The Hall–Kier alpha value is -4.00. The lowest BCUT2D eigenvalue weighted by atomic mass is 10.0. The van der Waals surface area contributed by atoms with Crippen molar-refractivity contribution in [1.29, 1.82) is 0 Å². The first-order chi connectivity index (χ1) is 15.0. The Kier molecular flexibility index (Phi) is 4.51. The highest BCUT2D eigenvalue weighted by Gasteiger charge is 2.19. The van der Waals surface area contributed by atoms with E-state index in [1.807, 2.05) is 36.4 Å². The molecule has 7 heteroatoms. The number of imidazole rings is 1. The lowest BCUT2D eigenvalue weighted by Crippen LogP contribution is -2.19. The number of carbonyl (C=O) groups excluding carboxylic acids is 2. The van der Waals surface area contributed by atoms with Gasteiger partial charge in [-0.1, -0.05) is 0 Å². The van der Waals surface area contributed by atoms with Crippen molar-refractivity contribution < 1.29 is 14.3 Å². The Morgan fingerprint density at radius 1 is 1.10 bits per heavy atom. The summed E-state index contributed by atoms with van der Waals surface area (Å²) < 4.78 is 7.24. The van der Waals surface area contributed by atoms with Crippen LogP contribution in [-0.2, 0) is 11.2 Å². The Morgan fingerprint density at radius 2 is 1.97 bits per heavy atom. The summed E-state index contributed by atoms with van der Waals surface area (Å²) in [5.41, 5.74) is 5.91. The van der Waals surface area contributed by atoms with Crippen molar-refractivity contribution in [2.75, 3.05) is 12.4 Å². The van der Waals surface area contributed by atoms with Gasteiger partial charge in [0.15, 0.2) is 5.78 Å². The first-order valence-corrected chi connectivity index (χ1v) is 10.0. The van der Waals surface area contributed by atoms with E-state index in [0.717, 1.165) is 33.5 Å². The Labute approximate surface area is 178 Å². The van der Waals surface area contributed by atoms with E-state index < -0.39 is 0 Å². The second-order valence-corrected chi connectivity index (χ2v) is 7.51. The molecule has 0 bridgehead atoms. The van der Waals surface area contributed by atoms with Gasteiger partial charge in [-0.2, -0.15) is 0 Å². The molecule has 3 heterocycles. The smallest absolute Gasteiger partial charge is 0.224 e. The summed E-state index contributed by atoms with van der Waals surface area (Å²) in [7, 11) is 1.58. The second kappa shape index (κ2) is 7.36. The zero-order valence-corrected chi connectivity index (χ0v) is 17.2. The number of ketones is 1. The molecule has 154 valence electrons. The van der Waals surface area contributed by atoms with Crippen molar-refractivity contribution in [1.82, 2.24) is 14.5 Å². The summed E-state index contributed by atoms with van der Waals surface area (Å²) in [5, 5.41) is 2.92. The molecule has 2 aromatic heterocycles. The van der Waals surface area contributed by atoms with Crippen LogP contribution < -0.4 is 10.1 Å². The molecule has 1 amide bonds. The monoisotopic (exact) mass is 412 g/mol. The van der Waals surface area contributed by atoms with E-state index in [0.29, 0.717) is 30.1 Å². The van der Waals surface area contributed by atoms with Crippen molar-refractivity contribution in [3.8, 4) is 23.0 Å². The van der Waals surface area contributed by atoms with Gasteiger partial charge in [0, 0.05) is 41.2 Å². The first kappa shape index (κ1) is 19.0. The van der Waals surface area contributed by atoms with Crippen LogP contribution in [0.15, 0.2) is 54.7 Å². The van der Waals surface area contributed by atoms with Gasteiger partial charge in [-0.3, -0.25) is 14.2 Å². The highest BCUT2D eigenvalue weighted by Crippen LogP contribution is 2.32. The van der Waals surface area contributed by atoms with Crippen LogP contribution in [0.4, 0.5) is 5.69 Å². The summed E-state index contributed by atoms with van der Waals surface area (Å²) in [6.45, 7) is 1.55. The van der Waals surface area contributed by atoms with E-state index in [4.69, 9.17) is 9.72 Å². The van der Waals surface area contributed by atoms with Gasteiger partial charge < -0.3 is 10.1 Å². The van der Waals surface area contributed by atoms with Crippen LogP contribution in [0.25, 0.3) is 28.1 Å². The van der Waals surface area contributed by atoms with Gasteiger partial charge in [0.1, 0.15) is 5.82 Å². The number of nitrogens with one attached hydrogen (secondary N) is 1. The van der Waals surface area contributed by atoms with Gasteiger partial charge >= 0.3 is 0 Å². The fourth-order valence-electron chi connectivity index (χ4n) is 3.90. The average Bonchev–Trinajstić information content (AvgIpc) is 3.17. The maximum atomic E-state index is 11.9. The summed E-state index contributed by atoms with van der Waals surface area (Å²) in [5.74, 6) is 1.27. The minimum atomic E-state index is -0.00589. The molecule has 5 rings (SSSR count). The maximum Gasteiger partial charge on any atom is 0.224 e. The number of hydrogen-bond acceptors (Lipinski definition) is 5. The van der Waals surface area contributed by atoms with Gasteiger partial charge in [0.2, 0.25) is 11.8 Å². The number of Topliss-reactive ketones (excluding diaryl/α,β-unsaturated/α-hetero) is 1. The average molecular weight is 412 g/mol. The number of hydrogen-bond donors (Lipinski definition) is 1. The molecule has 4 aromatic rings. The van der Waals surface area contributed by atoms with Crippen LogP contribution in [0, 0.1) is 0 Å². The number of methoxy groups -OCH3 is 1. The van der Waals surface area contributed by atoms with Crippen LogP contribution in [-0.4, -0.2) is 33.3 Å².